The lowest BCUT2D eigenvalue weighted by Crippen LogP contribution is -2.39. The summed E-state index contributed by atoms with van der Waals surface area (Å²) in [5, 5.41) is 2.94. The standard InChI is InChI=1S/C18H19N3O3S/c1-20-14-10-12(5-6-15(14)24-11-16(20)22)18(23)21-8-3-2-4-13(21)17-19-7-9-25-17/h5-7,9-10,13H,2-4,8,11H2,1H3/t13-/m1/s1. The Bertz CT molecular complexity index is 806. The van der Waals surface area contributed by atoms with Gasteiger partial charge in [-0.2, -0.15) is 0 Å². The van der Waals surface area contributed by atoms with Crippen molar-refractivity contribution < 1.29 is 14.3 Å². The number of fused-ring (bicyclic) bond motifs is 1. The van der Waals surface area contributed by atoms with Gasteiger partial charge in [0.2, 0.25) is 0 Å². The number of rotatable bonds is 2. The molecule has 130 valence electrons. The molecule has 2 amide bonds. The van der Waals surface area contributed by atoms with Gasteiger partial charge in [0.25, 0.3) is 11.8 Å². The van der Waals surface area contributed by atoms with Gasteiger partial charge in [0.05, 0.1) is 11.7 Å². The van der Waals surface area contributed by atoms with Gasteiger partial charge in [-0.1, -0.05) is 0 Å². The monoisotopic (exact) mass is 357 g/mol. The predicted octanol–water partition coefficient (Wildman–Crippen LogP) is 2.87. The average molecular weight is 357 g/mol. The first-order chi connectivity index (χ1) is 12.1. The van der Waals surface area contributed by atoms with Crippen molar-refractivity contribution in [3.8, 4) is 5.75 Å². The number of aromatic nitrogens is 1. The minimum atomic E-state index is -0.115. The van der Waals surface area contributed by atoms with Crippen molar-refractivity contribution in [1.29, 1.82) is 0 Å². The molecule has 0 unspecified atom stereocenters. The van der Waals surface area contributed by atoms with Crippen LogP contribution >= 0.6 is 11.3 Å². The van der Waals surface area contributed by atoms with E-state index in [2.05, 4.69) is 4.98 Å². The largest absolute Gasteiger partial charge is 0.482 e. The summed E-state index contributed by atoms with van der Waals surface area (Å²) in [6, 6.07) is 5.34. The number of likely N-dealkylation sites (tertiary alicyclic amines) is 1. The van der Waals surface area contributed by atoms with Crippen LogP contribution in [0.4, 0.5) is 5.69 Å². The second-order valence-corrected chi connectivity index (χ2v) is 7.23. The molecule has 3 heterocycles. The van der Waals surface area contributed by atoms with Crippen LogP contribution in [-0.4, -0.2) is 41.9 Å². The van der Waals surface area contributed by atoms with Gasteiger partial charge < -0.3 is 14.5 Å². The predicted molar refractivity (Wildman–Crippen MR) is 95.1 cm³/mol. The maximum Gasteiger partial charge on any atom is 0.264 e. The second-order valence-electron chi connectivity index (χ2n) is 6.30. The summed E-state index contributed by atoms with van der Waals surface area (Å²) in [7, 11) is 1.71. The highest BCUT2D eigenvalue weighted by Gasteiger charge is 2.31. The summed E-state index contributed by atoms with van der Waals surface area (Å²) in [4.78, 5) is 32.9. The molecule has 25 heavy (non-hydrogen) atoms. The Balaban J connectivity index is 1.65. The Labute approximate surface area is 150 Å². The molecule has 2 aromatic rings. The van der Waals surface area contributed by atoms with Crippen LogP contribution in [0.2, 0.25) is 0 Å². The summed E-state index contributed by atoms with van der Waals surface area (Å²) < 4.78 is 5.44. The Kier molecular flexibility index (Phi) is 4.17. The van der Waals surface area contributed by atoms with Crippen LogP contribution in [0.15, 0.2) is 29.8 Å². The minimum absolute atomic E-state index is 0.0193. The lowest BCUT2D eigenvalue weighted by atomic mass is 10.0. The molecule has 6 nitrogen and oxygen atoms in total. The number of nitrogens with zero attached hydrogens (tertiary/aromatic N) is 3. The van der Waals surface area contributed by atoms with Gasteiger partial charge in [-0.25, -0.2) is 4.98 Å². The summed E-state index contributed by atoms with van der Waals surface area (Å²) in [5.74, 6) is 0.499. The van der Waals surface area contributed by atoms with Crippen molar-refractivity contribution in [2.24, 2.45) is 0 Å². The van der Waals surface area contributed by atoms with Crippen LogP contribution in [0.25, 0.3) is 0 Å². The molecule has 0 radical (unpaired) electrons. The number of thiazole rings is 1. The van der Waals surface area contributed by atoms with Crippen molar-refractivity contribution in [2.75, 3.05) is 25.1 Å². The molecule has 2 aliphatic rings. The van der Waals surface area contributed by atoms with Crippen molar-refractivity contribution in [1.82, 2.24) is 9.88 Å². The molecule has 1 saturated heterocycles. The molecule has 0 aliphatic carbocycles. The Morgan fingerprint density at radius 2 is 2.24 bits per heavy atom. The third-order valence-corrected chi connectivity index (χ3v) is 5.67. The fourth-order valence-corrected chi connectivity index (χ4v) is 4.19. The number of piperidine rings is 1. The van der Waals surface area contributed by atoms with Gasteiger partial charge in [0.15, 0.2) is 6.61 Å². The number of hydrogen-bond donors (Lipinski definition) is 0. The molecule has 1 aromatic carbocycles. The van der Waals surface area contributed by atoms with Crippen LogP contribution < -0.4 is 9.64 Å². The van der Waals surface area contributed by atoms with Gasteiger partial charge in [0.1, 0.15) is 10.8 Å². The first-order valence-corrected chi connectivity index (χ1v) is 9.27. The van der Waals surface area contributed by atoms with Crippen LogP contribution in [0, 0.1) is 0 Å². The first kappa shape index (κ1) is 16.1. The van der Waals surface area contributed by atoms with E-state index in [9.17, 15) is 9.59 Å². The summed E-state index contributed by atoms with van der Waals surface area (Å²) >= 11 is 1.59. The van der Waals surface area contributed by atoms with E-state index in [0.717, 1.165) is 30.8 Å². The molecule has 7 heteroatoms. The van der Waals surface area contributed by atoms with E-state index in [4.69, 9.17) is 4.74 Å². The maximum atomic E-state index is 13.1. The fraction of sp³-hybridized carbons (Fsp3) is 0.389. The lowest BCUT2D eigenvalue weighted by Gasteiger charge is -2.35. The normalized spacial score (nSPS) is 20.2. The SMILES string of the molecule is CN1C(=O)COc2ccc(C(=O)N3CCCC[C@@H]3c3nccs3)cc21. The molecule has 2 aliphatic heterocycles. The highest BCUT2D eigenvalue weighted by Crippen LogP contribution is 2.36. The Hall–Kier alpha value is -2.41. The van der Waals surface area contributed by atoms with Gasteiger partial charge in [-0.15, -0.1) is 11.3 Å². The molecular weight excluding hydrogens is 338 g/mol. The number of amides is 2. The van der Waals surface area contributed by atoms with E-state index in [1.165, 1.54) is 0 Å². The van der Waals surface area contributed by atoms with Crippen LogP contribution in [-0.2, 0) is 4.79 Å². The van der Waals surface area contributed by atoms with Gasteiger partial charge in [-0.05, 0) is 37.5 Å². The van der Waals surface area contributed by atoms with Gasteiger partial charge in [-0.3, -0.25) is 9.59 Å². The third kappa shape index (κ3) is 2.89. The summed E-state index contributed by atoms with van der Waals surface area (Å²) in [5.41, 5.74) is 1.22. The number of carbonyl (C=O) groups is 2. The van der Waals surface area contributed by atoms with E-state index in [0.29, 0.717) is 17.0 Å². The molecule has 1 aromatic heterocycles. The zero-order chi connectivity index (χ0) is 17.4. The topological polar surface area (TPSA) is 62.7 Å². The number of anilines is 1. The van der Waals surface area contributed by atoms with Crippen molar-refractivity contribution in [3.05, 3.63) is 40.3 Å². The molecule has 4 rings (SSSR count). The van der Waals surface area contributed by atoms with Crippen LogP contribution in [0.5, 0.6) is 5.75 Å². The van der Waals surface area contributed by atoms with Crippen molar-refractivity contribution >= 4 is 28.8 Å². The summed E-state index contributed by atoms with van der Waals surface area (Å²) in [6.45, 7) is 0.764. The first-order valence-electron chi connectivity index (χ1n) is 8.39. The second kappa shape index (κ2) is 6.48. The quantitative estimate of drug-likeness (QED) is 0.829. The number of ether oxygens (including phenoxy) is 1. The number of likely N-dealkylation sites (N-methyl/N-ethyl adjacent to an activating group) is 1. The summed E-state index contributed by atoms with van der Waals surface area (Å²) in [6.07, 6.45) is 4.82. The van der Waals surface area contributed by atoms with E-state index in [-0.39, 0.29) is 24.5 Å². The minimum Gasteiger partial charge on any atom is -0.482 e. The number of hydrogen-bond acceptors (Lipinski definition) is 5. The van der Waals surface area contributed by atoms with E-state index in [1.807, 2.05) is 10.3 Å². The molecular formula is C18H19N3O3S. The highest BCUT2D eigenvalue weighted by molar-refractivity contribution is 7.09. The fourth-order valence-electron chi connectivity index (χ4n) is 3.40. The van der Waals surface area contributed by atoms with Crippen molar-refractivity contribution in [3.63, 3.8) is 0 Å². The van der Waals surface area contributed by atoms with Crippen LogP contribution in [0.3, 0.4) is 0 Å². The lowest BCUT2D eigenvalue weighted by molar-refractivity contribution is -0.120. The Morgan fingerprint density at radius 3 is 3.04 bits per heavy atom. The van der Waals surface area contributed by atoms with E-state index >= 15 is 0 Å². The molecule has 1 fully saturated rings. The molecule has 0 saturated carbocycles. The van der Waals surface area contributed by atoms with Crippen LogP contribution in [0.1, 0.15) is 40.7 Å². The smallest absolute Gasteiger partial charge is 0.264 e. The average Bonchev–Trinajstić information content (AvgIpc) is 3.18. The van der Waals surface area contributed by atoms with E-state index < -0.39 is 0 Å². The Morgan fingerprint density at radius 1 is 1.36 bits per heavy atom. The highest BCUT2D eigenvalue weighted by atomic mass is 32.1. The zero-order valence-electron chi connectivity index (χ0n) is 14.0. The maximum absolute atomic E-state index is 13.1. The van der Waals surface area contributed by atoms with E-state index in [1.54, 1.807) is 47.7 Å². The molecule has 0 N–H and O–H groups in total. The zero-order valence-corrected chi connectivity index (χ0v) is 14.8. The third-order valence-electron chi connectivity index (χ3n) is 4.79. The molecule has 0 spiro atoms. The number of carbonyl (C=O) groups excluding carboxylic acids is 2. The van der Waals surface area contributed by atoms with Gasteiger partial charge >= 0.3 is 0 Å². The molecule has 0 bridgehead atoms. The molecule has 1 atom stereocenters. The number of benzene rings is 1. The van der Waals surface area contributed by atoms with Crippen molar-refractivity contribution in [2.45, 2.75) is 25.3 Å². The van der Waals surface area contributed by atoms with Gasteiger partial charge in [0, 0.05) is 30.7 Å².